The van der Waals surface area contributed by atoms with Gasteiger partial charge >= 0.3 is 0 Å². The van der Waals surface area contributed by atoms with Crippen molar-refractivity contribution in [1.82, 2.24) is 4.90 Å². The van der Waals surface area contributed by atoms with Crippen molar-refractivity contribution < 1.29 is 9.53 Å². The molecule has 2 aromatic rings. The van der Waals surface area contributed by atoms with E-state index in [1.807, 2.05) is 48.3 Å². The van der Waals surface area contributed by atoms with E-state index in [2.05, 4.69) is 22.3 Å². The van der Waals surface area contributed by atoms with Gasteiger partial charge in [-0.3, -0.25) is 9.69 Å². The van der Waals surface area contributed by atoms with Crippen LogP contribution < -0.4 is 15.0 Å². The first kappa shape index (κ1) is 18.3. The molecule has 0 unspecified atom stereocenters. The second-order valence-electron chi connectivity index (χ2n) is 6.77. The number of hydrogen-bond acceptors (Lipinski definition) is 4. The summed E-state index contributed by atoms with van der Waals surface area (Å²) in [4.78, 5) is 16.7. The van der Waals surface area contributed by atoms with E-state index in [0.717, 1.165) is 30.1 Å². The molecule has 0 spiro atoms. The van der Waals surface area contributed by atoms with Crippen LogP contribution >= 0.6 is 0 Å². The summed E-state index contributed by atoms with van der Waals surface area (Å²) in [5.41, 5.74) is 3.14. The Kier molecular flexibility index (Phi) is 6.12. The summed E-state index contributed by atoms with van der Waals surface area (Å²) in [6.45, 7) is 3.23. The number of hydrogen-bond donors (Lipinski definition) is 1. The van der Waals surface area contributed by atoms with Crippen LogP contribution in [0.2, 0.25) is 0 Å². The molecule has 0 aromatic heterocycles. The maximum atomic E-state index is 12.3. The minimum Gasteiger partial charge on any atom is -0.496 e. The fourth-order valence-corrected chi connectivity index (χ4v) is 3.36. The molecule has 0 saturated carbocycles. The van der Waals surface area contributed by atoms with Gasteiger partial charge in [0.05, 0.1) is 13.7 Å². The Bertz CT molecular complexity index is 724. The molecule has 2 aromatic carbocycles. The van der Waals surface area contributed by atoms with Crippen LogP contribution in [0.3, 0.4) is 0 Å². The highest BCUT2D eigenvalue weighted by molar-refractivity contribution is 5.92. The monoisotopic (exact) mass is 353 g/mol. The van der Waals surface area contributed by atoms with Gasteiger partial charge in [0.15, 0.2) is 0 Å². The number of rotatable bonds is 7. The maximum absolute atomic E-state index is 12.3. The molecule has 1 aliphatic rings. The van der Waals surface area contributed by atoms with Crippen molar-refractivity contribution in [3.05, 3.63) is 54.1 Å². The minimum absolute atomic E-state index is 0.0173. The average molecular weight is 353 g/mol. The first-order valence-electron chi connectivity index (χ1n) is 9.11. The zero-order valence-corrected chi connectivity index (χ0v) is 15.6. The largest absolute Gasteiger partial charge is 0.496 e. The summed E-state index contributed by atoms with van der Waals surface area (Å²) < 4.78 is 5.37. The second-order valence-corrected chi connectivity index (χ2v) is 6.77. The highest BCUT2D eigenvalue weighted by Crippen LogP contribution is 2.22. The summed E-state index contributed by atoms with van der Waals surface area (Å²) in [7, 11) is 3.60. The molecule has 1 heterocycles. The molecule has 1 amide bonds. The lowest BCUT2D eigenvalue weighted by Gasteiger charge is -2.19. The van der Waals surface area contributed by atoms with Gasteiger partial charge in [-0.1, -0.05) is 18.2 Å². The first-order chi connectivity index (χ1) is 12.7. The van der Waals surface area contributed by atoms with Crippen molar-refractivity contribution in [2.45, 2.75) is 19.4 Å². The lowest BCUT2D eigenvalue weighted by Crippen LogP contribution is -2.30. The standard InChI is InChI=1S/C21H27N3O2/c1-23(15-17-7-3-4-8-20(17)26-2)16-21(25)22-18-9-11-19(12-10-18)24-13-5-6-14-24/h3-4,7-12H,5-6,13-16H2,1-2H3,(H,22,25). The van der Waals surface area contributed by atoms with Gasteiger partial charge in [0.1, 0.15) is 5.75 Å². The lowest BCUT2D eigenvalue weighted by molar-refractivity contribution is -0.117. The van der Waals surface area contributed by atoms with Crippen molar-refractivity contribution in [3.8, 4) is 5.75 Å². The summed E-state index contributed by atoms with van der Waals surface area (Å²) in [5, 5.41) is 2.97. The van der Waals surface area contributed by atoms with Crippen LogP contribution in [0.5, 0.6) is 5.75 Å². The molecule has 1 N–H and O–H groups in total. The van der Waals surface area contributed by atoms with E-state index in [-0.39, 0.29) is 5.91 Å². The van der Waals surface area contributed by atoms with E-state index in [4.69, 9.17) is 4.74 Å². The number of likely N-dealkylation sites (N-methyl/N-ethyl adjacent to an activating group) is 1. The Morgan fingerprint density at radius 2 is 1.81 bits per heavy atom. The summed E-state index contributed by atoms with van der Waals surface area (Å²) in [6, 6.07) is 16.0. The van der Waals surface area contributed by atoms with Crippen molar-refractivity contribution in [1.29, 1.82) is 0 Å². The third kappa shape index (κ3) is 4.76. The summed E-state index contributed by atoms with van der Waals surface area (Å²) in [6.07, 6.45) is 2.52. The van der Waals surface area contributed by atoms with Crippen molar-refractivity contribution >= 4 is 17.3 Å². The molecule has 0 aliphatic carbocycles. The second kappa shape index (κ2) is 8.72. The highest BCUT2D eigenvalue weighted by atomic mass is 16.5. The lowest BCUT2D eigenvalue weighted by atomic mass is 10.2. The molecule has 5 nitrogen and oxygen atoms in total. The van der Waals surface area contributed by atoms with Crippen molar-refractivity contribution in [2.24, 2.45) is 0 Å². The number of nitrogens with one attached hydrogen (secondary N) is 1. The summed E-state index contributed by atoms with van der Waals surface area (Å²) in [5.74, 6) is 0.827. The molecule has 138 valence electrons. The molecule has 0 atom stereocenters. The molecule has 26 heavy (non-hydrogen) atoms. The van der Waals surface area contributed by atoms with E-state index in [0.29, 0.717) is 13.1 Å². The predicted molar refractivity (Wildman–Crippen MR) is 106 cm³/mol. The molecule has 0 bridgehead atoms. The topological polar surface area (TPSA) is 44.8 Å². The third-order valence-corrected chi connectivity index (χ3v) is 4.67. The number of anilines is 2. The molecule has 0 radical (unpaired) electrons. The quantitative estimate of drug-likeness (QED) is 0.829. The first-order valence-corrected chi connectivity index (χ1v) is 9.11. The van der Waals surface area contributed by atoms with Crippen molar-refractivity contribution in [2.75, 3.05) is 44.0 Å². The number of methoxy groups -OCH3 is 1. The molecule has 1 aliphatic heterocycles. The number of para-hydroxylation sites is 1. The Hall–Kier alpha value is -2.53. The van der Waals surface area contributed by atoms with Gasteiger partial charge in [-0.25, -0.2) is 0 Å². The SMILES string of the molecule is COc1ccccc1CN(C)CC(=O)Nc1ccc(N2CCCC2)cc1. The number of nitrogens with zero attached hydrogens (tertiary/aromatic N) is 2. The van der Waals surface area contributed by atoms with Crippen LogP contribution in [-0.2, 0) is 11.3 Å². The molecular weight excluding hydrogens is 326 g/mol. The van der Waals surface area contributed by atoms with Gasteiger partial charge in [-0.05, 0) is 50.2 Å². The predicted octanol–water partition coefficient (Wildman–Crippen LogP) is 3.37. The maximum Gasteiger partial charge on any atom is 0.238 e. The molecule has 3 rings (SSSR count). The van der Waals surface area contributed by atoms with Crippen LogP contribution in [0.4, 0.5) is 11.4 Å². The average Bonchev–Trinajstić information content (AvgIpc) is 3.17. The fourth-order valence-electron chi connectivity index (χ4n) is 3.36. The van der Waals surface area contributed by atoms with E-state index >= 15 is 0 Å². The van der Waals surface area contributed by atoms with Gasteiger partial charge in [0.25, 0.3) is 0 Å². The van der Waals surface area contributed by atoms with Gasteiger partial charge in [0.2, 0.25) is 5.91 Å². The van der Waals surface area contributed by atoms with Crippen molar-refractivity contribution in [3.63, 3.8) is 0 Å². The van der Waals surface area contributed by atoms with E-state index < -0.39 is 0 Å². The smallest absolute Gasteiger partial charge is 0.238 e. The fraction of sp³-hybridized carbons (Fsp3) is 0.381. The highest BCUT2D eigenvalue weighted by Gasteiger charge is 2.13. The van der Waals surface area contributed by atoms with Crippen LogP contribution in [0.1, 0.15) is 18.4 Å². The van der Waals surface area contributed by atoms with E-state index in [1.165, 1.54) is 18.5 Å². The minimum atomic E-state index is -0.0173. The Morgan fingerprint density at radius 3 is 2.50 bits per heavy atom. The van der Waals surface area contributed by atoms with Crippen LogP contribution in [0.25, 0.3) is 0 Å². The number of amides is 1. The number of ether oxygens (including phenoxy) is 1. The molecule has 5 heteroatoms. The zero-order valence-electron chi connectivity index (χ0n) is 15.6. The van der Waals surface area contributed by atoms with Gasteiger partial charge in [-0.2, -0.15) is 0 Å². The van der Waals surface area contributed by atoms with Gasteiger partial charge < -0.3 is 15.0 Å². The van der Waals surface area contributed by atoms with Crippen LogP contribution in [0.15, 0.2) is 48.5 Å². The van der Waals surface area contributed by atoms with E-state index in [9.17, 15) is 4.79 Å². The normalized spacial score (nSPS) is 13.9. The number of carbonyl (C=O) groups is 1. The third-order valence-electron chi connectivity index (χ3n) is 4.67. The molecule has 1 saturated heterocycles. The van der Waals surface area contributed by atoms with E-state index in [1.54, 1.807) is 7.11 Å². The Morgan fingerprint density at radius 1 is 1.12 bits per heavy atom. The van der Waals surface area contributed by atoms with Gasteiger partial charge in [-0.15, -0.1) is 0 Å². The molecular formula is C21H27N3O2. The molecule has 1 fully saturated rings. The Balaban J connectivity index is 1.51. The van der Waals surface area contributed by atoms with Crippen LogP contribution in [-0.4, -0.2) is 44.6 Å². The number of carbonyl (C=O) groups excluding carboxylic acids is 1. The Labute approximate surface area is 155 Å². The van der Waals surface area contributed by atoms with Gasteiger partial charge in [0, 0.05) is 36.6 Å². The van der Waals surface area contributed by atoms with Crippen LogP contribution in [0, 0.1) is 0 Å². The zero-order chi connectivity index (χ0) is 18.4. The number of benzene rings is 2. The summed E-state index contributed by atoms with van der Waals surface area (Å²) >= 11 is 0.